The fourth-order valence-electron chi connectivity index (χ4n) is 2.07. The normalized spacial score (nSPS) is 20.4. The van der Waals surface area contributed by atoms with E-state index in [1.807, 2.05) is 0 Å². The van der Waals surface area contributed by atoms with Crippen LogP contribution in [-0.4, -0.2) is 26.0 Å². The van der Waals surface area contributed by atoms with Crippen LogP contribution in [0.5, 0.6) is 0 Å². The van der Waals surface area contributed by atoms with Gasteiger partial charge < -0.3 is 5.73 Å². The average molecular weight is 321 g/mol. The summed E-state index contributed by atoms with van der Waals surface area (Å²) in [4.78, 5) is 0.213. The molecule has 0 aliphatic carbocycles. The van der Waals surface area contributed by atoms with Crippen molar-refractivity contribution >= 4 is 39.1 Å². The zero-order valence-corrected chi connectivity index (χ0v) is 13.0. The number of rotatable bonds is 3. The molecule has 1 aromatic carbocycles. The molecule has 1 aliphatic rings. The molecule has 0 saturated carbocycles. The van der Waals surface area contributed by atoms with Crippen LogP contribution in [0.4, 0.5) is 5.69 Å². The number of aryl methyl sites for hydroxylation is 1. The third kappa shape index (κ3) is 3.56. The summed E-state index contributed by atoms with van der Waals surface area (Å²) >= 11 is 7.66. The Labute approximate surface area is 123 Å². The van der Waals surface area contributed by atoms with Gasteiger partial charge in [-0.2, -0.15) is 11.8 Å². The molecule has 0 bridgehead atoms. The molecule has 4 nitrogen and oxygen atoms in total. The molecule has 1 saturated heterocycles. The van der Waals surface area contributed by atoms with Gasteiger partial charge in [-0.15, -0.1) is 0 Å². The predicted octanol–water partition coefficient (Wildman–Crippen LogP) is 2.40. The standard InChI is InChI=1S/C12H17ClN2O2S2/c1-8-5-10(13)11(14)6-12(8)19(16,17)15-9-3-2-4-18-7-9/h5-6,9,15H,2-4,7,14H2,1H3. The van der Waals surface area contributed by atoms with Crippen LogP contribution in [0.1, 0.15) is 18.4 Å². The molecule has 0 aromatic heterocycles. The summed E-state index contributed by atoms with van der Waals surface area (Å²) in [6.45, 7) is 1.72. The molecule has 0 amide bonds. The van der Waals surface area contributed by atoms with Crippen molar-refractivity contribution in [2.45, 2.75) is 30.7 Å². The molecule has 1 heterocycles. The van der Waals surface area contributed by atoms with Crippen LogP contribution in [0.2, 0.25) is 5.02 Å². The first-order valence-electron chi connectivity index (χ1n) is 6.06. The predicted molar refractivity (Wildman–Crippen MR) is 81.3 cm³/mol. The zero-order chi connectivity index (χ0) is 14.0. The van der Waals surface area contributed by atoms with E-state index in [0.29, 0.717) is 10.6 Å². The van der Waals surface area contributed by atoms with E-state index in [-0.39, 0.29) is 16.6 Å². The van der Waals surface area contributed by atoms with Crippen molar-refractivity contribution in [2.75, 3.05) is 17.2 Å². The highest BCUT2D eigenvalue weighted by Crippen LogP contribution is 2.27. The maximum atomic E-state index is 12.4. The SMILES string of the molecule is Cc1cc(Cl)c(N)cc1S(=O)(=O)NC1CCCSC1. The van der Waals surface area contributed by atoms with Gasteiger partial charge in [-0.3, -0.25) is 0 Å². The van der Waals surface area contributed by atoms with Gasteiger partial charge in [0, 0.05) is 11.8 Å². The number of benzene rings is 1. The van der Waals surface area contributed by atoms with E-state index in [1.54, 1.807) is 24.8 Å². The molecule has 1 fully saturated rings. The number of sulfonamides is 1. The number of halogens is 1. The minimum absolute atomic E-state index is 0.0000487. The fraction of sp³-hybridized carbons (Fsp3) is 0.500. The van der Waals surface area contributed by atoms with E-state index >= 15 is 0 Å². The van der Waals surface area contributed by atoms with Crippen LogP contribution in [0.3, 0.4) is 0 Å². The number of hydrogen-bond acceptors (Lipinski definition) is 4. The van der Waals surface area contributed by atoms with E-state index in [0.717, 1.165) is 24.3 Å². The smallest absolute Gasteiger partial charge is 0.241 e. The Bertz CT molecular complexity index is 569. The highest BCUT2D eigenvalue weighted by atomic mass is 35.5. The van der Waals surface area contributed by atoms with Gasteiger partial charge in [-0.25, -0.2) is 13.1 Å². The maximum absolute atomic E-state index is 12.4. The maximum Gasteiger partial charge on any atom is 0.241 e. The van der Waals surface area contributed by atoms with Gasteiger partial charge in [-0.05, 0) is 43.2 Å². The number of thioether (sulfide) groups is 1. The third-order valence-electron chi connectivity index (χ3n) is 3.07. The second kappa shape index (κ2) is 5.91. The molecule has 1 atom stereocenters. The summed E-state index contributed by atoms with van der Waals surface area (Å²) in [5, 5.41) is 0.379. The molecule has 7 heteroatoms. The first-order chi connectivity index (χ1) is 8.90. The van der Waals surface area contributed by atoms with Crippen molar-refractivity contribution < 1.29 is 8.42 Å². The van der Waals surface area contributed by atoms with Crippen LogP contribution in [-0.2, 0) is 10.0 Å². The Kier molecular flexibility index (Phi) is 4.66. The van der Waals surface area contributed by atoms with Gasteiger partial charge in [0.05, 0.1) is 15.6 Å². The molecule has 1 aliphatic heterocycles. The lowest BCUT2D eigenvalue weighted by Gasteiger charge is -2.23. The summed E-state index contributed by atoms with van der Waals surface area (Å²) < 4.78 is 27.5. The quantitative estimate of drug-likeness (QED) is 0.839. The number of nitrogens with one attached hydrogen (secondary N) is 1. The molecule has 1 aromatic rings. The molecule has 1 unspecified atom stereocenters. The van der Waals surface area contributed by atoms with Crippen molar-refractivity contribution in [2.24, 2.45) is 0 Å². The lowest BCUT2D eigenvalue weighted by Crippen LogP contribution is -2.38. The minimum atomic E-state index is -3.53. The van der Waals surface area contributed by atoms with E-state index in [1.165, 1.54) is 6.07 Å². The second-order valence-corrected chi connectivity index (χ2v) is 7.91. The van der Waals surface area contributed by atoms with E-state index in [2.05, 4.69) is 4.72 Å². The van der Waals surface area contributed by atoms with Crippen LogP contribution in [0.15, 0.2) is 17.0 Å². The number of nitrogen functional groups attached to an aromatic ring is 1. The number of nitrogens with two attached hydrogens (primary N) is 1. The second-order valence-electron chi connectivity index (χ2n) is 4.67. The first-order valence-corrected chi connectivity index (χ1v) is 9.07. The molecule has 0 spiro atoms. The first kappa shape index (κ1) is 15.0. The lowest BCUT2D eigenvalue weighted by atomic mass is 10.2. The third-order valence-corrected chi connectivity index (χ3v) is 6.27. The van der Waals surface area contributed by atoms with Crippen molar-refractivity contribution in [1.82, 2.24) is 4.72 Å². The summed E-state index contributed by atoms with van der Waals surface area (Å²) in [7, 11) is -3.53. The van der Waals surface area contributed by atoms with Crippen LogP contribution < -0.4 is 10.5 Å². The summed E-state index contributed by atoms with van der Waals surface area (Å²) in [6, 6.07) is 3.01. The Morgan fingerprint density at radius 3 is 2.84 bits per heavy atom. The molecule has 106 valence electrons. The average Bonchev–Trinajstić information content (AvgIpc) is 2.34. The van der Waals surface area contributed by atoms with Crippen molar-refractivity contribution in [3.63, 3.8) is 0 Å². The van der Waals surface area contributed by atoms with E-state index in [9.17, 15) is 8.42 Å². The summed E-state index contributed by atoms with van der Waals surface area (Å²) in [6.07, 6.45) is 1.92. The molecular formula is C12H17ClN2O2S2. The van der Waals surface area contributed by atoms with Gasteiger partial charge >= 0.3 is 0 Å². The minimum Gasteiger partial charge on any atom is -0.397 e. The Morgan fingerprint density at radius 1 is 1.47 bits per heavy atom. The number of anilines is 1. The molecular weight excluding hydrogens is 304 g/mol. The van der Waals surface area contributed by atoms with E-state index < -0.39 is 10.0 Å². The van der Waals surface area contributed by atoms with Gasteiger partial charge in [0.25, 0.3) is 0 Å². The van der Waals surface area contributed by atoms with Crippen molar-refractivity contribution in [3.05, 3.63) is 22.7 Å². The zero-order valence-electron chi connectivity index (χ0n) is 10.6. The summed E-state index contributed by atoms with van der Waals surface area (Å²) in [5.41, 5.74) is 6.58. The van der Waals surface area contributed by atoms with Gasteiger partial charge in [0.15, 0.2) is 0 Å². The monoisotopic (exact) mass is 320 g/mol. The Hall–Kier alpha value is -0.430. The Morgan fingerprint density at radius 2 is 2.21 bits per heavy atom. The van der Waals surface area contributed by atoms with Crippen molar-refractivity contribution in [3.8, 4) is 0 Å². The van der Waals surface area contributed by atoms with Gasteiger partial charge in [0.2, 0.25) is 10.0 Å². The Balaban J connectivity index is 2.26. The highest BCUT2D eigenvalue weighted by Gasteiger charge is 2.24. The highest BCUT2D eigenvalue weighted by molar-refractivity contribution is 7.99. The number of hydrogen-bond donors (Lipinski definition) is 2. The molecule has 0 radical (unpaired) electrons. The fourth-order valence-corrected chi connectivity index (χ4v) is 5.00. The van der Waals surface area contributed by atoms with Crippen LogP contribution >= 0.6 is 23.4 Å². The van der Waals surface area contributed by atoms with Crippen molar-refractivity contribution in [1.29, 1.82) is 0 Å². The van der Waals surface area contributed by atoms with Gasteiger partial charge in [0.1, 0.15) is 0 Å². The molecule has 19 heavy (non-hydrogen) atoms. The molecule has 3 N–H and O–H groups in total. The van der Waals surface area contributed by atoms with Gasteiger partial charge in [-0.1, -0.05) is 11.6 Å². The largest absolute Gasteiger partial charge is 0.397 e. The molecule has 2 rings (SSSR count). The topological polar surface area (TPSA) is 72.2 Å². The lowest BCUT2D eigenvalue weighted by molar-refractivity contribution is 0.542. The summed E-state index contributed by atoms with van der Waals surface area (Å²) in [5.74, 6) is 1.92. The van der Waals surface area contributed by atoms with Crippen LogP contribution in [0.25, 0.3) is 0 Å². The van der Waals surface area contributed by atoms with E-state index in [4.69, 9.17) is 17.3 Å². The van der Waals surface area contributed by atoms with Crippen LogP contribution in [0, 0.1) is 6.92 Å².